The number of imide groups is 1. The molecule has 2 bridgehead atoms. The molecule has 122 valence electrons. The van der Waals surface area contributed by atoms with Gasteiger partial charge in [-0.3, -0.25) is 19.5 Å². The summed E-state index contributed by atoms with van der Waals surface area (Å²) in [6.07, 6.45) is 3.18. The summed E-state index contributed by atoms with van der Waals surface area (Å²) in [6.45, 7) is 1.18. The summed E-state index contributed by atoms with van der Waals surface area (Å²) >= 11 is 0. The number of hydrogen-bond donors (Lipinski definition) is 1. The third kappa shape index (κ3) is 1.65. The maximum Gasteiger partial charge on any atom is 0.252 e. The fourth-order valence-corrected chi connectivity index (χ4v) is 4.15. The Kier molecular flexibility index (Phi) is 2.63. The average molecular weight is 323 g/mol. The maximum absolute atomic E-state index is 12.5. The van der Waals surface area contributed by atoms with E-state index in [1.54, 1.807) is 0 Å². The Hall–Kier alpha value is -2.76. The van der Waals surface area contributed by atoms with Crippen molar-refractivity contribution in [3.05, 3.63) is 42.6 Å². The van der Waals surface area contributed by atoms with Crippen molar-refractivity contribution in [2.24, 2.45) is 5.92 Å². The Labute approximate surface area is 139 Å². The molecule has 1 saturated carbocycles. The molecule has 1 aliphatic carbocycles. The first-order valence-electron chi connectivity index (χ1n) is 8.21. The zero-order valence-electron chi connectivity index (χ0n) is 13.1. The Bertz CT molecular complexity index is 836. The summed E-state index contributed by atoms with van der Waals surface area (Å²) in [5, 5.41) is 2.52. The van der Waals surface area contributed by atoms with Crippen molar-refractivity contribution >= 4 is 17.5 Å². The third-order valence-corrected chi connectivity index (χ3v) is 5.41. The van der Waals surface area contributed by atoms with E-state index in [-0.39, 0.29) is 17.7 Å². The average Bonchev–Trinajstić information content (AvgIpc) is 2.98. The second-order valence-electron chi connectivity index (χ2n) is 6.67. The smallest absolute Gasteiger partial charge is 0.252 e. The van der Waals surface area contributed by atoms with Gasteiger partial charge in [0.25, 0.3) is 5.91 Å². The lowest BCUT2D eigenvalue weighted by Gasteiger charge is -2.56. The van der Waals surface area contributed by atoms with Crippen LogP contribution in [-0.2, 0) is 9.59 Å². The SMILES string of the molecule is O=C1NC(=O)C2(N3CCOc4c3ccn4-c3ccccc3)CC1C2. The number of para-hydroxylation sites is 1. The molecule has 0 radical (unpaired) electrons. The summed E-state index contributed by atoms with van der Waals surface area (Å²) in [5.41, 5.74) is 1.35. The summed E-state index contributed by atoms with van der Waals surface area (Å²) in [5.74, 6) is 0.424. The number of aromatic nitrogens is 1. The van der Waals surface area contributed by atoms with Crippen LogP contribution in [0.25, 0.3) is 5.69 Å². The Morgan fingerprint density at radius 1 is 1.12 bits per heavy atom. The predicted molar refractivity (Wildman–Crippen MR) is 87.2 cm³/mol. The molecule has 4 heterocycles. The number of amides is 2. The van der Waals surface area contributed by atoms with E-state index in [0.717, 1.165) is 17.3 Å². The molecule has 2 amide bonds. The van der Waals surface area contributed by atoms with Crippen molar-refractivity contribution in [1.82, 2.24) is 9.88 Å². The Balaban J connectivity index is 1.56. The highest BCUT2D eigenvalue weighted by Crippen LogP contribution is 2.50. The van der Waals surface area contributed by atoms with Crippen molar-refractivity contribution in [2.45, 2.75) is 18.4 Å². The molecule has 0 unspecified atom stereocenters. The Morgan fingerprint density at radius 3 is 2.67 bits per heavy atom. The number of ether oxygens (including phenoxy) is 1. The lowest BCUT2D eigenvalue weighted by atomic mass is 9.63. The van der Waals surface area contributed by atoms with E-state index in [4.69, 9.17) is 4.74 Å². The minimum atomic E-state index is -0.597. The number of carbonyl (C=O) groups excluding carboxylic acids is 2. The third-order valence-electron chi connectivity index (χ3n) is 5.41. The van der Waals surface area contributed by atoms with E-state index in [1.165, 1.54) is 0 Å². The van der Waals surface area contributed by atoms with Gasteiger partial charge in [0.05, 0.1) is 6.54 Å². The molecule has 24 heavy (non-hydrogen) atoms. The zero-order chi connectivity index (χ0) is 16.3. The van der Waals surface area contributed by atoms with Crippen LogP contribution in [0.3, 0.4) is 0 Å². The molecule has 6 heteroatoms. The molecule has 6 rings (SSSR count). The number of benzene rings is 1. The molecule has 2 aromatic rings. The van der Waals surface area contributed by atoms with Crippen LogP contribution >= 0.6 is 0 Å². The minimum absolute atomic E-state index is 0.0368. The van der Waals surface area contributed by atoms with E-state index in [0.29, 0.717) is 26.0 Å². The van der Waals surface area contributed by atoms with Crippen molar-refractivity contribution < 1.29 is 14.3 Å². The summed E-state index contributed by atoms with van der Waals surface area (Å²) in [7, 11) is 0. The van der Waals surface area contributed by atoms with Gasteiger partial charge in [-0.15, -0.1) is 0 Å². The number of rotatable bonds is 2. The zero-order valence-corrected chi connectivity index (χ0v) is 13.1. The van der Waals surface area contributed by atoms with Crippen LogP contribution in [0, 0.1) is 5.92 Å². The largest absolute Gasteiger partial charge is 0.475 e. The van der Waals surface area contributed by atoms with Crippen LogP contribution in [-0.4, -0.2) is 35.1 Å². The highest BCUT2D eigenvalue weighted by Gasteiger charge is 2.61. The van der Waals surface area contributed by atoms with Gasteiger partial charge in [-0.1, -0.05) is 18.2 Å². The molecule has 0 spiro atoms. The molecule has 1 aromatic heterocycles. The van der Waals surface area contributed by atoms with Crippen molar-refractivity contribution in [2.75, 3.05) is 18.1 Å². The van der Waals surface area contributed by atoms with E-state index >= 15 is 0 Å². The van der Waals surface area contributed by atoms with Crippen molar-refractivity contribution in [3.63, 3.8) is 0 Å². The summed E-state index contributed by atoms with van der Waals surface area (Å²) in [4.78, 5) is 26.4. The fourth-order valence-electron chi connectivity index (χ4n) is 4.15. The van der Waals surface area contributed by atoms with Gasteiger partial charge in [0.1, 0.15) is 17.8 Å². The van der Waals surface area contributed by atoms with E-state index in [2.05, 4.69) is 10.2 Å². The highest BCUT2D eigenvalue weighted by atomic mass is 16.5. The number of piperidine rings is 2. The van der Waals surface area contributed by atoms with Crippen LogP contribution in [0.1, 0.15) is 12.8 Å². The molecular weight excluding hydrogens is 306 g/mol. The predicted octanol–water partition coefficient (Wildman–Crippen LogP) is 1.48. The summed E-state index contributed by atoms with van der Waals surface area (Å²) in [6, 6.07) is 12.0. The number of hydrogen-bond acceptors (Lipinski definition) is 4. The molecule has 4 aliphatic rings. The quantitative estimate of drug-likeness (QED) is 0.851. The van der Waals surface area contributed by atoms with E-state index < -0.39 is 5.54 Å². The normalized spacial score (nSPS) is 27.8. The number of nitrogens with one attached hydrogen (secondary N) is 1. The monoisotopic (exact) mass is 323 g/mol. The van der Waals surface area contributed by atoms with Gasteiger partial charge in [-0.25, -0.2) is 0 Å². The summed E-state index contributed by atoms with van der Waals surface area (Å²) < 4.78 is 7.91. The molecule has 1 aromatic carbocycles. The first-order chi connectivity index (χ1) is 11.7. The number of nitrogens with zero attached hydrogens (tertiary/aromatic N) is 2. The molecule has 1 N–H and O–H groups in total. The van der Waals surface area contributed by atoms with Crippen LogP contribution in [0.4, 0.5) is 5.69 Å². The number of anilines is 1. The number of fused-ring (bicyclic) bond motifs is 3. The molecule has 3 fully saturated rings. The number of carbonyl (C=O) groups is 2. The van der Waals surface area contributed by atoms with E-state index in [1.807, 2.05) is 47.2 Å². The van der Waals surface area contributed by atoms with Crippen LogP contribution in [0.2, 0.25) is 0 Å². The van der Waals surface area contributed by atoms with Crippen LogP contribution in [0.5, 0.6) is 5.88 Å². The molecule has 3 aliphatic heterocycles. The van der Waals surface area contributed by atoms with Gasteiger partial charge < -0.3 is 9.64 Å². The van der Waals surface area contributed by atoms with Gasteiger partial charge in [0.2, 0.25) is 11.8 Å². The first kappa shape index (κ1) is 13.7. The van der Waals surface area contributed by atoms with Gasteiger partial charge in [-0.05, 0) is 31.0 Å². The minimum Gasteiger partial charge on any atom is -0.475 e. The lowest BCUT2D eigenvalue weighted by molar-refractivity contribution is -0.150. The highest BCUT2D eigenvalue weighted by molar-refractivity contribution is 6.09. The molecule has 6 nitrogen and oxygen atoms in total. The van der Waals surface area contributed by atoms with Crippen LogP contribution in [0.15, 0.2) is 42.6 Å². The van der Waals surface area contributed by atoms with Crippen molar-refractivity contribution in [3.8, 4) is 11.6 Å². The topological polar surface area (TPSA) is 63.6 Å². The van der Waals surface area contributed by atoms with E-state index in [9.17, 15) is 9.59 Å². The second kappa shape index (κ2) is 4.63. The van der Waals surface area contributed by atoms with Gasteiger partial charge in [0, 0.05) is 17.8 Å². The maximum atomic E-state index is 12.5. The lowest BCUT2D eigenvalue weighted by Crippen LogP contribution is -2.74. The Morgan fingerprint density at radius 2 is 1.92 bits per heavy atom. The van der Waals surface area contributed by atoms with Crippen LogP contribution < -0.4 is 15.0 Å². The molecular formula is C18H17N3O3. The van der Waals surface area contributed by atoms with Gasteiger partial charge >= 0.3 is 0 Å². The van der Waals surface area contributed by atoms with Gasteiger partial charge in [0.15, 0.2) is 0 Å². The molecule has 2 saturated heterocycles. The van der Waals surface area contributed by atoms with Gasteiger partial charge in [-0.2, -0.15) is 0 Å². The fraction of sp³-hybridized carbons (Fsp3) is 0.333. The van der Waals surface area contributed by atoms with Crippen molar-refractivity contribution in [1.29, 1.82) is 0 Å². The standard InChI is InChI=1S/C18H17N3O3/c22-15-12-10-18(11-12,17(23)19-15)21-8-9-24-16-14(21)6-7-20(16)13-4-2-1-3-5-13/h1-7,12H,8-11H2,(H,19,22,23). The molecule has 0 atom stereocenters. The first-order valence-corrected chi connectivity index (χ1v) is 8.21. The second-order valence-corrected chi connectivity index (χ2v) is 6.67.